The molecule has 4 heteroatoms. The van der Waals surface area contributed by atoms with Crippen molar-refractivity contribution in [2.24, 2.45) is 0 Å². The minimum atomic E-state index is -1.31. The number of benzene rings is 1. The average Bonchev–Trinajstić information content (AvgIpc) is 2.98. The second-order valence-electron chi connectivity index (χ2n) is 4.26. The van der Waals surface area contributed by atoms with Crippen molar-refractivity contribution in [3.8, 4) is 6.07 Å². The zero-order valence-electron chi connectivity index (χ0n) is 10.5. The van der Waals surface area contributed by atoms with Crippen LogP contribution in [0.1, 0.15) is 18.2 Å². The van der Waals surface area contributed by atoms with E-state index in [9.17, 15) is 10.1 Å². The van der Waals surface area contributed by atoms with E-state index in [4.69, 9.17) is 9.15 Å². The van der Waals surface area contributed by atoms with Crippen LogP contribution in [-0.4, -0.2) is 5.97 Å². The van der Waals surface area contributed by atoms with E-state index in [0.717, 1.165) is 0 Å². The Labute approximate surface area is 111 Å². The van der Waals surface area contributed by atoms with Crippen LogP contribution in [0.5, 0.6) is 0 Å². The Kier molecular flexibility index (Phi) is 3.67. The van der Waals surface area contributed by atoms with Crippen molar-refractivity contribution in [3.05, 3.63) is 60.1 Å². The first-order valence-corrected chi connectivity index (χ1v) is 5.83. The van der Waals surface area contributed by atoms with Gasteiger partial charge in [-0.3, -0.25) is 0 Å². The standard InChI is InChI=1S/C15H13NO3/c1-15(11-16,12-6-3-2-4-7-12)14(17)19-10-13-8-5-9-18-13/h2-9H,10H2,1H3. The summed E-state index contributed by atoms with van der Waals surface area (Å²) in [6.07, 6.45) is 1.50. The van der Waals surface area contributed by atoms with Crippen LogP contribution in [0.25, 0.3) is 0 Å². The van der Waals surface area contributed by atoms with Gasteiger partial charge in [0.05, 0.1) is 12.3 Å². The van der Waals surface area contributed by atoms with Gasteiger partial charge in [0.15, 0.2) is 5.41 Å². The normalized spacial score (nSPS) is 13.3. The number of nitriles is 1. The molecule has 0 amide bonds. The molecule has 1 heterocycles. The van der Waals surface area contributed by atoms with Crippen molar-refractivity contribution >= 4 is 5.97 Å². The van der Waals surface area contributed by atoms with Gasteiger partial charge in [0.2, 0.25) is 0 Å². The molecular formula is C15H13NO3. The summed E-state index contributed by atoms with van der Waals surface area (Å²) in [6, 6.07) is 14.3. The summed E-state index contributed by atoms with van der Waals surface area (Å²) in [5.41, 5.74) is -0.699. The quantitative estimate of drug-likeness (QED) is 0.788. The Morgan fingerprint density at radius 3 is 2.63 bits per heavy atom. The Hall–Kier alpha value is -2.54. The molecule has 0 aliphatic carbocycles. The molecule has 1 aromatic heterocycles. The smallest absolute Gasteiger partial charge is 0.331 e. The Morgan fingerprint density at radius 2 is 2.05 bits per heavy atom. The molecule has 1 aromatic carbocycles. The number of carbonyl (C=O) groups excluding carboxylic acids is 1. The molecule has 0 radical (unpaired) electrons. The molecule has 1 unspecified atom stereocenters. The van der Waals surface area contributed by atoms with E-state index in [1.807, 2.05) is 12.1 Å². The summed E-state index contributed by atoms with van der Waals surface area (Å²) in [5, 5.41) is 9.29. The highest BCUT2D eigenvalue weighted by Gasteiger charge is 2.37. The van der Waals surface area contributed by atoms with Crippen LogP contribution in [-0.2, 0) is 21.6 Å². The molecule has 0 N–H and O–H groups in total. The van der Waals surface area contributed by atoms with Gasteiger partial charge in [0, 0.05) is 0 Å². The van der Waals surface area contributed by atoms with E-state index < -0.39 is 11.4 Å². The molecular weight excluding hydrogens is 242 g/mol. The number of hydrogen-bond acceptors (Lipinski definition) is 4. The Balaban J connectivity index is 2.13. The molecule has 0 saturated heterocycles. The van der Waals surface area contributed by atoms with Gasteiger partial charge in [0.25, 0.3) is 0 Å². The highest BCUT2D eigenvalue weighted by molar-refractivity contribution is 5.86. The molecule has 0 aliphatic rings. The van der Waals surface area contributed by atoms with Crippen LogP contribution < -0.4 is 0 Å². The first-order chi connectivity index (χ1) is 9.16. The van der Waals surface area contributed by atoms with Crippen LogP contribution in [0.15, 0.2) is 53.1 Å². The lowest BCUT2D eigenvalue weighted by molar-refractivity contribution is -0.149. The molecule has 4 nitrogen and oxygen atoms in total. The lowest BCUT2D eigenvalue weighted by Gasteiger charge is -2.19. The fraction of sp³-hybridized carbons (Fsp3) is 0.200. The van der Waals surface area contributed by atoms with Gasteiger partial charge in [-0.05, 0) is 24.6 Å². The van der Waals surface area contributed by atoms with Gasteiger partial charge < -0.3 is 9.15 Å². The molecule has 0 bridgehead atoms. The molecule has 2 rings (SSSR count). The third kappa shape index (κ3) is 2.66. The molecule has 1 atom stereocenters. The van der Waals surface area contributed by atoms with E-state index in [0.29, 0.717) is 11.3 Å². The first kappa shape index (κ1) is 12.9. The number of esters is 1. The van der Waals surface area contributed by atoms with E-state index in [1.165, 1.54) is 6.26 Å². The van der Waals surface area contributed by atoms with E-state index in [1.54, 1.807) is 43.3 Å². The molecule has 0 aliphatic heterocycles. The van der Waals surface area contributed by atoms with E-state index in [2.05, 4.69) is 0 Å². The van der Waals surface area contributed by atoms with Gasteiger partial charge in [-0.1, -0.05) is 30.3 Å². The molecule has 19 heavy (non-hydrogen) atoms. The van der Waals surface area contributed by atoms with Crippen molar-refractivity contribution in [2.45, 2.75) is 18.9 Å². The summed E-state index contributed by atoms with van der Waals surface area (Å²) < 4.78 is 10.2. The number of ether oxygens (including phenoxy) is 1. The van der Waals surface area contributed by atoms with Gasteiger partial charge in [-0.2, -0.15) is 5.26 Å². The third-order valence-electron chi connectivity index (χ3n) is 2.91. The predicted octanol–water partition coefficient (Wildman–Crippen LogP) is 2.80. The molecule has 2 aromatic rings. The largest absolute Gasteiger partial charge is 0.466 e. The number of furan rings is 1. The molecule has 0 saturated carbocycles. The summed E-state index contributed by atoms with van der Waals surface area (Å²) in [7, 11) is 0. The van der Waals surface area contributed by atoms with Crippen LogP contribution in [0.4, 0.5) is 0 Å². The van der Waals surface area contributed by atoms with Crippen LogP contribution in [0.3, 0.4) is 0 Å². The van der Waals surface area contributed by atoms with Crippen LogP contribution in [0, 0.1) is 11.3 Å². The second-order valence-corrected chi connectivity index (χ2v) is 4.26. The van der Waals surface area contributed by atoms with Crippen molar-refractivity contribution in [2.75, 3.05) is 0 Å². The number of rotatable bonds is 4. The molecule has 0 fully saturated rings. The Bertz CT molecular complexity index is 584. The fourth-order valence-corrected chi connectivity index (χ4v) is 1.68. The maximum absolute atomic E-state index is 12.1. The zero-order chi connectivity index (χ0) is 13.7. The first-order valence-electron chi connectivity index (χ1n) is 5.83. The molecule has 0 spiro atoms. The minimum absolute atomic E-state index is 0.0237. The van der Waals surface area contributed by atoms with Gasteiger partial charge >= 0.3 is 5.97 Å². The lowest BCUT2D eigenvalue weighted by Crippen LogP contribution is -2.32. The summed E-state index contributed by atoms with van der Waals surface area (Å²) >= 11 is 0. The topological polar surface area (TPSA) is 63.2 Å². The molecule has 96 valence electrons. The summed E-state index contributed by atoms with van der Waals surface area (Å²) in [4.78, 5) is 12.1. The zero-order valence-corrected chi connectivity index (χ0v) is 10.5. The van der Waals surface area contributed by atoms with Gasteiger partial charge in [0.1, 0.15) is 12.4 Å². The number of hydrogen-bond donors (Lipinski definition) is 0. The van der Waals surface area contributed by atoms with Crippen molar-refractivity contribution in [1.29, 1.82) is 5.26 Å². The highest BCUT2D eigenvalue weighted by atomic mass is 16.5. The number of carbonyl (C=O) groups is 1. The maximum atomic E-state index is 12.1. The van der Waals surface area contributed by atoms with Crippen LogP contribution >= 0.6 is 0 Å². The van der Waals surface area contributed by atoms with Crippen molar-refractivity contribution in [3.63, 3.8) is 0 Å². The lowest BCUT2D eigenvalue weighted by atomic mass is 9.84. The average molecular weight is 255 g/mol. The Morgan fingerprint density at radius 1 is 1.32 bits per heavy atom. The van der Waals surface area contributed by atoms with Crippen molar-refractivity contribution < 1.29 is 13.9 Å². The van der Waals surface area contributed by atoms with E-state index in [-0.39, 0.29) is 6.61 Å². The fourth-order valence-electron chi connectivity index (χ4n) is 1.68. The monoisotopic (exact) mass is 255 g/mol. The minimum Gasteiger partial charge on any atom is -0.466 e. The van der Waals surface area contributed by atoms with Gasteiger partial charge in [-0.15, -0.1) is 0 Å². The summed E-state index contributed by atoms with van der Waals surface area (Å²) in [5.74, 6) is -0.0423. The summed E-state index contributed by atoms with van der Waals surface area (Å²) in [6.45, 7) is 1.57. The van der Waals surface area contributed by atoms with E-state index >= 15 is 0 Å². The second kappa shape index (κ2) is 5.40. The third-order valence-corrected chi connectivity index (χ3v) is 2.91. The highest BCUT2D eigenvalue weighted by Crippen LogP contribution is 2.25. The predicted molar refractivity (Wildman–Crippen MR) is 67.9 cm³/mol. The van der Waals surface area contributed by atoms with Gasteiger partial charge in [-0.25, -0.2) is 4.79 Å². The SMILES string of the molecule is CC(C#N)(C(=O)OCc1ccco1)c1ccccc1. The van der Waals surface area contributed by atoms with Crippen LogP contribution in [0.2, 0.25) is 0 Å². The number of nitrogens with zero attached hydrogens (tertiary/aromatic N) is 1. The maximum Gasteiger partial charge on any atom is 0.331 e. The van der Waals surface area contributed by atoms with Crippen molar-refractivity contribution in [1.82, 2.24) is 0 Å².